The van der Waals surface area contributed by atoms with Gasteiger partial charge in [0.15, 0.2) is 0 Å². The van der Waals surface area contributed by atoms with Crippen LogP contribution in [0.2, 0.25) is 0 Å². The highest BCUT2D eigenvalue weighted by Crippen LogP contribution is 2.43. The molecule has 1 N–H and O–H groups in total. The van der Waals surface area contributed by atoms with Crippen molar-refractivity contribution >= 4 is 5.97 Å². The molecule has 10 heavy (non-hydrogen) atoms. The SMILES string of the molecule is O=C(O)[C@H]1C[C@@H]2C=C[C@@H]1C2. The van der Waals surface area contributed by atoms with Gasteiger partial charge in [0.2, 0.25) is 0 Å². The van der Waals surface area contributed by atoms with Gasteiger partial charge in [-0.25, -0.2) is 0 Å². The van der Waals surface area contributed by atoms with E-state index in [1.807, 2.05) is 0 Å². The molecule has 1 fully saturated rings. The zero-order chi connectivity index (χ0) is 7.14. The van der Waals surface area contributed by atoms with E-state index in [0.717, 1.165) is 12.8 Å². The van der Waals surface area contributed by atoms with Crippen LogP contribution in [-0.4, -0.2) is 11.1 Å². The normalized spacial score (nSPS) is 42.6. The fourth-order valence-electron chi connectivity index (χ4n) is 2.06. The molecule has 2 heteroatoms. The summed E-state index contributed by atoms with van der Waals surface area (Å²) in [6, 6.07) is 0. The van der Waals surface area contributed by atoms with Crippen molar-refractivity contribution in [3.63, 3.8) is 0 Å². The van der Waals surface area contributed by atoms with Crippen LogP contribution in [-0.2, 0) is 4.79 Å². The second kappa shape index (κ2) is 1.84. The van der Waals surface area contributed by atoms with Crippen LogP contribution in [0.1, 0.15) is 12.8 Å². The number of carboxylic acids is 1. The highest BCUT2D eigenvalue weighted by atomic mass is 16.4. The Morgan fingerprint density at radius 3 is 2.50 bits per heavy atom. The number of allylic oxidation sites excluding steroid dienone is 2. The van der Waals surface area contributed by atoms with Gasteiger partial charge in [0, 0.05) is 0 Å². The molecule has 0 aromatic heterocycles. The minimum Gasteiger partial charge on any atom is -0.481 e. The Balaban J connectivity index is 2.16. The van der Waals surface area contributed by atoms with E-state index in [0.29, 0.717) is 11.8 Å². The average Bonchev–Trinajstić information content (AvgIpc) is 2.44. The Labute approximate surface area is 59.5 Å². The number of carbonyl (C=O) groups is 1. The zero-order valence-electron chi connectivity index (χ0n) is 5.66. The second-order valence-electron chi connectivity index (χ2n) is 3.22. The predicted octanol–water partition coefficient (Wildman–Crippen LogP) is 1.28. The fourth-order valence-corrected chi connectivity index (χ4v) is 2.06. The summed E-state index contributed by atoms with van der Waals surface area (Å²) in [5.41, 5.74) is 0. The summed E-state index contributed by atoms with van der Waals surface area (Å²) in [5.74, 6) is 0.237. The number of aliphatic carboxylic acids is 1. The third-order valence-corrected chi connectivity index (χ3v) is 2.60. The van der Waals surface area contributed by atoms with E-state index in [2.05, 4.69) is 12.2 Å². The van der Waals surface area contributed by atoms with Crippen LogP contribution in [0, 0.1) is 17.8 Å². The molecule has 0 heterocycles. The molecule has 2 aliphatic rings. The molecule has 0 spiro atoms. The molecule has 0 aliphatic heterocycles. The zero-order valence-corrected chi connectivity index (χ0v) is 5.66. The highest BCUT2D eigenvalue weighted by Gasteiger charge is 2.39. The van der Waals surface area contributed by atoms with Crippen molar-refractivity contribution in [3.8, 4) is 0 Å². The van der Waals surface area contributed by atoms with E-state index >= 15 is 0 Å². The van der Waals surface area contributed by atoms with E-state index in [4.69, 9.17) is 5.11 Å². The average molecular weight is 138 g/mol. The number of hydrogen-bond donors (Lipinski definition) is 1. The van der Waals surface area contributed by atoms with Gasteiger partial charge in [-0.15, -0.1) is 0 Å². The molecule has 0 aromatic carbocycles. The van der Waals surface area contributed by atoms with Gasteiger partial charge in [-0.1, -0.05) is 12.2 Å². The topological polar surface area (TPSA) is 37.3 Å². The third-order valence-electron chi connectivity index (χ3n) is 2.60. The van der Waals surface area contributed by atoms with Gasteiger partial charge >= 0.3 is 5.97 Å². The second-order valence-corrected chi connectivity index (χ2v) is 3.22. The molecule has 0 aromatic rings. The van der Waals surface area contributed by atoms with Crippen LogP contribution in [0.15, 0.2) is 12.2 Å². The Morgan fingerprint density at radius 1 is 1.40 bits per heavy atom. The molecule has 54 valence electrons. The lowest BCUT2D eigenvalue weighted by Gasteiger charge is -2.11. The van der Waals surface area contributed by atoms with Crippen molar-refractivity contribution in [2.24, 2.45) is 17.8 Å². The highest BCUT2D eigenvalue weighted by molar-refractivity contribution is 5.71. The first kappa shape index (κ1) is 5.96. The van der Waals surface area contributed by atoms with E-state index in [9.17, 15) is 4.79 Å². The van der Waals surface area contributed by atoms with Gasteiger partial charge in [0.1, 0.15) is 0 Å². The smallest absolute Gasteiger partial charge is 0.307 e. The Kier molecular flexibility index (Phi) is 1.10. The number of rotatable bonds is 1. The van der Waals surface area contributed by atoms with Gasteiger partial charge in [0.25, 0.3) is 0 Å². The first-order valence-corrected chi connectivity index (χ1v) is 3.68. The van der Waals surface area contributed by atoms with E-state index in [1.165, 1.54) is 0 Å². The van der Waals surface area contributed by atoms with E-state index < -0.39 is 5.97 Å². The maximum Gasteiger partial charge on any atom is 0.307 e. The lowest BCUT2D eigenvalue weighted by Crippen LogP contribution is -2.17. The van der Waals surface area contributed by atoms with Crippen LogP contribution in [0.3, 0.4) is 0 Å². The molecule has 2 aliphatic carbocycles. The quantitative estimate of drug-likeness (QED) is 0.554. The van der Waals surface area contributed by atoms with Crippen molar-refractivity contribution in [2.75, 3.05) is 0 Å². The Bertz CT molecular complexity index is 195. The Hall–Kier alpha value is -0.790. The molecular formula is C8H10O2. The van der Waals surface area contributed by atoms with E-state index in [-0.39, 0.29) is 5.92 Å². The Morgan fingerprint density at radius 2 is 2.20 bits per heavy atom. The van der Waals surface area contributed by atoms with Crippen LogP contribution < -0.4 is 0 Å². The summed E-state index contributed by atoms with van der Waals surface area (Å²) in [6.45, 7) is 0. The van der Waals surface area contributed by atoms with Crippen molar-refractivity contribution in [2.45, 2.75) is 12.8 Å². The number of hydrogen-bond acceptors (Lipinski definition) is 1. The standard InChI is InChI=1S/C8H10O2/c9-8(10)7-4-5-1-2-6(7)3-5/h1-2,5-7H,3-4H2,(H,9,10)/t5-,6-,7+/m1/s1. The van der Waals surface area contributed by atoms with Crippen LogP contribution in [0.4, 0.5) is 0 Å². The maximum atomic E-state index is 10.6. The maximum absolute atomic E-state index is 10.6. The van der Waals surface area contributed by atoms with Gasteiger partial charge in [-0.2, -0.15) is 0 Å². The molecular weight excluding hydrogens is 128 g/mol. The number of carboxylic acid groups (broad SMARTS) is 1. The van der Waals surface area contributed by atoms with Gasteiger partial charge in [-0.3, -0.25) is 4.79 Å². The van der Waals surface area contributed by atoms with Gasteiger partial charge in [0.05, 0.1) is 5.92 Å². The summed E-state index contributed by atoms with van der Waals surface area (Å²) in [7, 11) is 0. The van der Waals surface area contributed by atoms with Crippen LogP contribution in [0.25, 0.3) is 0 Å². The molecule has 2 rings (SSSR count). The first-order chi connectivity index (χ1) is 4.77. The number of fused-ring (bicyclic) bond motifs is 2. The summed E-state index contributed by atoms with van der Waals surface area (Å²) in [4.78, 5) is 10.6. The van der Waals surface area contributed by atoms with Gasteiger partial charge < -0.3 is 5.11 Å². The summed E-state index contributed by atoms with van der Waals surface area (Å²) in [6.07, 6.45) is 6.17. The minimum absolute atomic E-state index is 0.0741. The molecule has 1 saturated carbocycles. The molecule has 2 bridgehead atoms. The molecule has 3 atom stereocenters. The van der Waals surface area contributed by atoms with Gasteiger partial charge in [-0.05, 0) is 24.7 Å². The van der Waals surface area contributed by atoms with Crippen LogP contribution in [0.5, 0.6) is 0 Å². The summed E-state index contributed by atoms with van der Waals surface area (Å²) in [5, 5.41) is 8.70. The summed E-state index contributed by atoms with van der Waals surface area (Å²) < 4.78 is 0. The fraction of sp³-hybridized carbons (Fsp3) is 0.625. The lowest BCUT2D eigenvalue weighted by atomic mass is 9.94. The van der Waals surface area contributed by atoms with Crippen molar-refractivity contribution in [1.82, 2.24) is 0 Å². The van der Waals surface area contributed by atoms with Crippen LogP contribution >= 0.6 is 0 Å². The minimum atomic E-state index is -0.614. The summed E-state index contributed by atoms with van der Waals surface area (Å²) >= 11 is 0. The van der Waals surface area contributed by atoms with E-state index in [1.54, 1.807) is 0 Å². The van der Waals surface area contributed by atoms with Crippen molar-refractivity contribution in [3.05, 3.63) is 12.2 Å². The lowest BCUT2D eigenvalue weighted by molar-refractivity contribution is -0.142. The first-order valence-electron chi connectivity index (χ1n) is 3.68. The molecule has 0 amide bonds. The largest absolute Gasteiger partial charge is 0.481 e. The molecule has 0 unspecified atom stereocenters. The third kappa shape index (κ3) is 0.681. The van der Waals surface area contributed by atoms with Crippen molar-refractivity contribution in [1.29, 1.82) is 0 Å². The molecule has 2 nitrogen and oxygen atoms in total. The van der Waals surface area contributed by atoms with Crippen molar-refractivity contribution < 1.29 is 9.90 Å². The predicted molar refractivity (Wildman–Crippen MR) is 36.5 cm³/mol. The molecule has 0 radical (unpaired) electrons. The monoisotopic (exact) mass is 138 g/mol. The molecule has 0 saturated heterocycles.